The van der Waals surface area contributed by atoms with E-state index in [2.05, 4.69) is 54.4 Å². The van der Waals surface area contributed by atoms with Gasteiger partial charge in [-0.15, -0.1) is 0 Å². The fourth-order valence-electron chi connectivity index (χ4n) is 3.54. The number of imidazole rings is 1. The number of aryl methyl sites for hydroxylation is 4. The van der Waals surface area contributed by atoms with Crippen LogP contribution in [0.2, 0.25) is 0 Å². The molecule has 4 rings (SSSR count). The number of nitrogens with zero attached hydrogens (tertiary/aromatic N) is 4. The van der Waals surface area contributed by atoms with Crippen LogP contribution in [0.15, 0.2) is 73.5 Å². The lowest BCUT2D eigenvalue weighted by atomic mass is 10.1. The maximum atomic E-state index is 4.96. The van der Waals surface area contributed by atoms with E-state index in [-0.39, 0.29) is 0 Å². The lowest BCUT2D eigenvalue weighted by Crippen LogP contribution is -2.02. The first kappa shape index (κ1) is 18.8. The third-order valence-corrected chi connectivity index (χ3v) is 5.14. The molecule has 0 spiro atoms. The van der Waals surface area contributed by atoms with Crippen molar-refractivity contribution in [3.8, 4) is 11.4 Å². The van der Waals surface area contributed by atoms with Crippen molar-refractivity contribution in [1.29, 1.82) is 0 Å². The summed E-state index contributed by atoms with van der Waals surface area (Å²) in [5.41, 5.74) is 7.39. The zero-order valence-corrected chi connectivity index (χ0v) is 16.8. The zero-order valence-electron chi connectivity index (χ0n) is 16.8. The van der Waals surface area contributed by atoms with Crippen LogP contribution in [0.5, 0.6) is 0 Å². The largest absolute Gasteiger partial charge is 0.331 e. The molecule has 0 aliphatic heterocycles. The fraction of sp³-hybridized carbons (Fsp3) is 0.160. The summed E-state index contributed by atoms with van der Waals surface area (Å²) in [6, 6.07) is 16.3. The lowest BCUT2D eigenvalue weighted by molar-refractivity contribution is 0.776. The molecule has 0 aliphatic carbocycles. The van der Waals surface area contributed by atoms with Crippen LogP contribution in [0.25, 0.3) is 28.5 Å². The SMILES string of the molecule is C=C/C=C\c1c(C)ccc2c1nc(CCc1cccc(-c3ccccn3)n1)n2C. The van der Waals surface area contributed by atoms with Crippen molar-refractivity contribution in [1.82, 2.24) is 19.5 Å². The van der Waals surface area contributed by atoms with Gasteiger partial charge in [0, 0.05) is 30.9 Å². The molecule has 3 aromatic heterocycles. The first-order chi connectivity index (χ1) is 14.2. The maximum absolute atomic E-state index is 4.96. The van der Waals surface area contributed by atoms with E-state index in [1.165, 1.54) is 5.56 Å². The van der Waals surface area contributed by atoms with Gasteiger partial charge in [-0.1, -0.05) is 43.0 Å². The summed E-state index contributed by atoms with van der Waals surface area (Å²) in [7, 11) is 2.08. The van der Waals surface area contributed by atoms with Gasteiger partial charge >= 0.3 is 0 Å². The zero-order chi connectivity index (χ0) is 20.2. The monoisotopic (exact) mass is 380 g/mol. The van der Waals surface area contributed by atoms with Crippen LogP contribution in [0, 0.1) is 6.92 Å². The molecule has 0 saturated carbocycles. The second-order valence-corrected chi connectivity index (χ2v) is 7.07. The highest BCUT2D eigenvalue weighted by Crippen LogP contribution is 2.24. The molecule has 0 bridgehead atoms. The molecule has 0 saturated heterocycles. The first-order valence-corrected chi connectivity index (χ1v) is 9.78. The minimum absolute atomic E-state index is 0.827. The van der Waals surface area contributed by atoms with E-state index in [0.29, 0.717) is 0 Å². The van der Waals surface area contributed by atoms with Gasteiger partial charge in [0.2, 0.25) is 0 Å². The van der Waals surface area contributed by atoms with Crippen molar-refractivity contribution < 1.29 is 0 Å². The van der Waals surface area contributed by atoms with Gasteiger partial charge in [-0.05, 0) is 49.2 Å². The summed E-state index contributed by atoms with van der Waals surface area (Å²) in [6.07, 6.45) is 9.29. The molecule has 4 nitrogen and oxygen atoms in total. The van der Waals surface area contributed by atoms with Crippen LogP contribution < -0.4 is 0 Å². The van der Waals surface area contributed by atoms with Gasteiger partial charge in [-0.25, -0.2) is 4.98 Å². The van der Waals surface area contributed by atoms with E-state index >= 15 is 0 Å². The van der Waals surface area contributed by atoms with Crippen molar-refractivity contribution in [2.45, 2.75) is 19.8 Å². The average Bonchev–Trinajstić information content (AvgIpc) is 3.08. The Morgan fingerprint density at radius 3 is 2.62 bits per heavy atom. The average molecular weight is 380 g/mol. The number of allylic oxidation sites excluding steroid dienone is 2. The van der Waals surface area contributed by atoms with E-state index in [4.69, 9.17) is 9.97 Å². The molecular formula is C25H24N4. The minimum Gasteiger partial charge on any atom is -0.331 e. The maximum Gasteiger partial charge on any atom is 0.110 e. The topological polar surface area (TPSA) is 43.6 Å². The van der Waals surface area contributed by atoms with Gasteiger partial charge in [-0.3, -0.25) is 9.97 Å². The highest BCUT2D eigenvalue weighted by atomic mass is 15.1. The summed E-state index contributed by atoms with van der Waals surface area (Å²) in [5, 5.41) is 0. The Balaban J connectivity index is 1.61. The van der Waals surface area contributed by atoms with Crippen LogP contribution in [0.3, 0.4) is 0 Å². The number of aromatic nitrogens is 4. The normalized spacial score (nSPS) is 11.4. The van der Waals surface area contributed by atoms with E-state index in [1.54, 1.807) is 12.3 Å². The summed E-state index contributed by atoms with van der Waals surface area (Å²) >= 11 is 0. The van der Waals surface area contributed by atoms with Crippen molar-refractivity contribution >= 4 is 17.1 Å². The Kier molecular flexibility index (Phi) is 5.34. The molecule has 3 heterocycles. The number of hydrogen-bond donors (Lipinski definition) is 0. The van der Waals surface area contributed by atoms with Crippen molar-refractivity contribution in [2.24, 2.45) is 7.05 Å². The Morgan fingerprint density at radius 1 is 0.966 bits per heavy atom. The van der Waals surface area contributed by atoms with Gasteiger partial charge in [0.05, 0.1) is 22.4 Å². The molecule has 0 unspecified atom stereocenters. The fourth-order valence-corrected chi connectivity index (χ4v) is 3.54. The molecule has 0 radical (unpaired) electrons. The smallest absolute Gasteiger partial charge is 0.110 e. The van der Waals surface area contributed by atoms with Gasteiger partial charge in [0.15, 0.2) is 0 Å². The second kappa shape index (κ2) is 8.23. The molecule has 144 valence electrons. The van der Waals surface area contributed by atoms with Crippen LogP contribution in [-0.4, -0.2) is 19.5 Å². The summed E-state index contributed by atoms with van der Waals surface area (Å²) in [6.45, 7) is 5.89. The minimum atomic E-state index is 0.827. The molecule has 29 heavy (non-hydrogen) atoms. The summed E-state index contributed by atoms with van der Waals surface area (Å²) in [4.78, 5) is 14.2. The Labute approximate surface area is 171 Å². The lowest BCUT2D eigenvalue weighted by Gasteiger charge is -2.05. The number of pyridine rings is 2. The molecule has 0 atom stereocenters. The number of fused-ring (bicyclic) bond motifs is 1. The Bertz CT molecular complexity index is 1190. The van der Waals surface area contributed by atoms with Crippen LogP contribution in [0.1, 0.15) is 22.6 Å². The predicted molar refractivity (Wildman–Crippen MR) is 120 cm³/mol. The molecule has 0 N–H and O–H groups in total. The molecule has 4 heteroatoms. The van der Waals surface area contributed by atoms with Crippen molar-refractivity contribution in [3.05, 3.63) is 96.1 Å². The molecular weight excluding hydrogens is 356 g/mol. The highest BCUT2D eigenvalue weighted by Gasteiger charge is 2.12. The molecule has 0 fully saturated rings. The quantitative estimate of drug-likeness (QED) is 0.425. The summed E-state index contributed by atoms with van der Waals surface area (Å²) < 4.78 is 2.18. The van der Waals surface area contributed by atoms with Crippen LogP contribution >= 0.6 is 0 Å². The van der Waals surface area contributed by atoms with Gasteiger partial charge < -0.3 is 4.57 Å². The number of hydrogen-bond acceptors (Lipinski definition) is 3. The third kappa shape index (κ3) is 3.87. The Hall–Kier alpha value is -3.53. The molecule has 0 amide bonds. The number of rotatable bonds is 6. The molecule has 4 aromatic rings. The number of benzene rings is 1. The standard InChI is InChI=1S/C25H24N4/c1-4-5-10-20-18(2)13-15-23-25(20)28-24(29(23)3)16-14-19-9-8-12-22(27-19)21-11-6-7-17-26-21/h4-13,15,17H,1,14,16H2,2-3H3/b10-5-. The van der Waals surface area contributed by atoms with Gasteiger partial charge in [-0.2, -0.15) is 0 Å². The first-order valence-electron chi connectivity index (χ1n) is 9.78. The highest BCUT2D eigenvalue weighted by molar-refractivity contribution is 5.87. The van der Waals surface area contributed by atoms with E-state index < -0.39 is 0 Å². The van der Waals surface area contributed by atoms with Crippen molar-refractivity contribution in [3.63, 3.8) is 0 Å². The van der Waals surface area contributed by atoms with Gasteiger partial charge in [0.1, 0.15) is 5.82 Å². The van der Waals surface area contributed by atoms with E-state index in [9.17, 15) is 0 Å². The van der Waals surface area contributed by atoms with E-state index in [0.717, 1.165) is 52.3 Å². The predicted octanol–water partition coefficient (Wildman–Crippen LogP) is 5.32. The Morgan fingerprint density at radius 2 is 1.83 bits per heavy atom. The molecule has 0 aliphatic rings. The second-order valence-electron chi connectivity index (χ2n) is 7.07. The third-order valence-electron chi connectivity index (χ3n) is 5.14. The molecule has 1 aromatic carbocycles. The van der Waals surface area contributed by atoms with Gasteiger partial charge in [0.25, 0.3) is 0 Å². The van der Waals surface area contributed by atoms with Crippen LogP contribution in [0.4, 0.5) is 0 Å². The van der Waals surface area contributed by atoms with Crippen LogP contribution in [-0.2, 0) is 19.9 Å². The summed E-state index contributed by atoms with van der Waals surface area (Å²) in [5.74, 6) is 1.06. The van der Waals surface area contributed by atoms with E-state index in [1.807, 2.05) is 36.4 Å². The van der Waals surface area contributed by atoms with Crippen molar-refractivity contribution in [2.75, 3.05) is 0 Å².